The molecule has 0 radical (unpaired) electrons. The standard InChI is InChI=1S/C31H34F3N9O2/c1-2-41-11-13-42(14-12-41)18-22-3-5-24(16-26(22)31(32,33)34)39-30(44)43-10-7-21-4-6-25(15-23(21)19-43)45-28-17-27(37-20-38-28)40-29-35-8-9-36-29/h3-6,8-9,15-17,20H,2,7,10-14,18-19H2,1H3,(H,39,44)(H2,35,36,37,38,40). The number of benzene rings is 2. The number of fused-ring (bicyclic) bond motifs is 1. The van der Waals surface area contributed by atoms with Crippen LogP contribution in [0.1, 0.15) is 29.2 Å². The van der Waals surface area contributed by atoms with Crippen molar-refractivity contribution in [1.82, 2.24) is 34.6 Å². The number of carbonyl (C=O) groups excluding carboxylic acids is 1. The molecule has 0 atom stereocenters. The first-order valence-electron chi connectivity index (χ1n) is 14.8. The molecule has 4 heterocycles. The molecule has 2 amide bonds. The number of nitrogens with zero attached hydrogens (tertiary/aromatic N) is 6. The Labute approximate surface area is 258 Å². The number of carbonyl (C=O) groups is 1. The van der Waals surface area contributed by atoms with Gasteiger partial charge in [0.1, 0.15) is 17.9 Å². The zero-order chi connectivity index (χ0) is 31.4. The van der Waals surface area contributed by atoms with E-state index in [1.807, 2.05) is 23.1 Å². The van der Waals surface area contributed by atoms with Crippen molar-refractivity contribution in [2.45, 2.75) is 32.6 Å². The Morgan fingerprint density at radius 2 is 1.80 bits per heavy atom. The summed E-state index contributed by atoms with van der Waals surface area (Å²) in [6, 6.07) is 10.8. The molecule has 1 saturated heterocycles. The van der Waals surface area contributed by atoms with Crippen LogP contribution in [-0.4, -0.2) is 79.9 Å². The quantitative estimate of drug-likeness (QED) is 0.237. The maximum atomic E-state index is 14.1. The number of hydrogen-bond acceptors (Lipinski definition) is 8. The first-order valence-corrected chi connectivity index (χ1v) is 14.8. The van der Waals surface area contributed by atoms with Gasteiger partial charge >= 0.3 is 12.2 Å². The van der Waals surface area contributed by atoms with Crippen molar-refractivity contribution < 1.29 is 22.7 Å². The van der Waals surface area contributed by atoms with E-state index < -0.39 is 17.8 Å². The summed E-state index contributed by atoms with van der Waals surface area (Å²) in [6.07, 6.45) is 0.733. The van der Waals surface area contributed by atoms with Gasteiger partial charge < -0.3 is 30.2 Å². The molecular formula is C31H34F3N9O2. The third-order valence-corrected chi connectivity index (χ3v) is 8.06. The lowest BCUT2D eigenvalue weighted by atomic mass is 9.99. The highest BCUT2D eigenvalue weighted by Crippen LogP contribution is 2.35. The van der Waals surface area contributed by atoms with Gasteiger partial charge in [0.15, 0.2) is 0 Å². The third-order valence-electron chi connectivity index (χ3n) is 8.06. The van der Waals surface area contributed by atoms with Crippen LogP contribution in [0.2, 0.25) is 0 Å². The number of ether oxygens (including phenoxy) is 1. The van der Waals surface area contributed by atoms with Gasteiger partial charge in [-0.15, -0.1) is 0 Å². The Morgan fingerprint density at radius 1 is 0.978 bits per heavy atom. The van der Waals surface area contributed by atoms with E-state index in [2.05, 4.69) is 42.4 Å². The minimum absolute atomic E-state index is 0.109. The van der Waals surface area contributed by atoms with Gasteiger partial charge in [-0.3, -0.25) is 4.90 Å². The zero-order valence-electron chi connectivity index (χ0n) is 24.8. The van der Waals surface area contributed by atoms with Crippen LogP contribution in [0, 0.1) is 0 Å². The van der Waals surface area contributed by atoms with Gasteiger partial charge in [-0.1, -0.05) is 19.1 Å². The molecule has 2 aromatic heterocycles. The topological polar surface area (TPSA) is 115 Å². The number of H-pyrrole nitrogens is 1. The molecule has 0 bridgehead atoms. The fraction of sp³-hybridized carbons (Fsp3) is 0.355. The predicted octanol–water partition coefficient (Wildman–Crippen LogP) is 5.48. The van der Waals surface area contributed by atoms with Crippen LogP contribution in [-0.2, 0) is 25.7 Å². The maximum absolute atomic E-state index is 14.1. The summed E-state index contributed by atoms with van der Waals surface area (Å²) in [5.41, 5.74) is 1.54. The zero-order valence-corrected chi connectivity index (χ0v) is 24.8. The van der Waals surface area contributed by atoms with E-state index in [0.717, 1.165) is 49.9 Å². The van der Waals surface area contributed by atoms with E-state index >= 15 is 0 Å². The van der Waals surface area contributed by atoms with Crippen molar-refractivity contribution in [3.63, 3.8) is 0 Å². The summed E-state index contributed by atoms with van der Waals surface area (Å²) in [6.45, 7) is 7.05. The molecular weight excluding hydrogens is 587 g/mol. The van der Waals surface area contributed by atoms with Crippen LogP contribution in [0.3, 0.4) is 0 Å². The Hall–Kier alpha value is -4.69. The molecule has 11 nitrogen and oxygen atoms in total. The molecule has 1 fully saturated rings. The van der Waals surface area contributed by atoms with E-state index in [1.54, 1.807) is 29.4 Å². The van der Waals surface area contributed by atoms with Gasteiger partial charge in [-0.25, -0.2) is 19.7 Å². The SMILES string of the molecule is CCN1CCN(Cc2ccc(NC(=O)N3CCc4ccc(Oc5cc(Nc6ncc[nH]6)ncn5)cc4C3)cc2C(F)(F)F)CC1. The fourth-order valence-electron chi connectivity index (χ4n) is 5.57. The number of aromatic amines is 1. The highest BCUT2D eigenvalue weighted by atomic mass is 19.4. The molecule has 0 aliphatic carbocycles. The molecule has 0 saturated carbocycles. The van der Waals surface area contributed by atoms with Crippen molar-refractivity contribution in [2.24, 2.45) is 0 Å². The van der Waals surface area contributed by atoms with Crippen LogP contribution in [0.25, 0.3) is 0 Å². The summed E-state index contributed by atoms with van der Waals surface area (Å²) >= 11 is 0. The molecule has 2 aliphatic heterocycles. The van der Waals surface area contributed by atoms with Crippen LogP contribution < -0.4 is 15.4 Å². The molecule has 6 rings (SSSR count). The van der Waals surface area contributed by atoms with Crippen molar-refractivity contribution in [3.8, 4) is 11.6 Å². The molecule has 0 unspecified atom stereocenters. The lowest BCUT2D eigenvalue weighted by molar-refractivity contribution is -0.138. The van der Waals surface area contributed by atoms with Gasteiger partial charge in [-0.2, -0.15) is 13.2 Å². The number of alkyl halides is 3. The highest BCUT2D eigenvalue weighted by molar-refractivity contribution is 5.89. The van der Waals surface area contributed by atoms with Crippen molar-refractivity contribution in [3.05, 3.63) is 83.4 Å². The second-order valence-electron chi connectivity index (χ2n) is 11.0. The number of rotatable bonds is 8. The predicted molar refractivity (Wildman–Crippen MR) is 162 cm³/mol. The van der Waals surface area contributed by atoms with Gasteiger partial charge in [0.05, 0.1) is 5.56 Å². The lowest BCUT2D eigenvalue weighted by Crippen LogP contribution is -2.45. The molecule has 4 aromatic rings. The molecule has 0 spiro atoms. The van der Waals surface area contributed by atoms with Crippen LogP contribution in [0.15, 0.2) is 61.2 Å². The van der Waals surface area contributed by atoms with Crippen LogP contribution in [0.4, 0.5) is 35.4 Å². The Bertz CT molecular complexity index is 1620. The molecule has 3 N–H and O–H groups in total. The summed E-state index contributed by atoms with van der Waals surface area (Å²) in [7, 11) is 0. The van der Waals surface area contributed by atoms with Crippen molar-refractivity contribution >= 4 is 23.5 Å². The van der Waals surface area contributed by atoms with E-state index in [4.69, 9.17) is 4.74 Å². The molecule has 236 valence electrons. The number of amides is 2. The lowest BCUT2D eigenvalue weighted by Gasteiger charge is -2.34. The molecule has 45 heavy (non-hydrogen) atoms. The average Bonchev–Trinajstić information content (AvgIpc) is 3.54. The van der Waals surface area contributed by atoms with E-state index in [-0.39, 0.29) is 24.3 Å². The summed E-state index contributed by atoms with van der Waals surface area (Å²) in [5, 5.41) is 5.70. The molecule has 14 heteroatoms. The van der Waals surface area contributed by atoms with Gasteiger partial charge in [0.2, 0.25) is 11.8 Å². The first-order chi connectivity index (χ1) is 21.7. The van der Waals surface area contributed by atoms with E-state index in [9.17, 15) is 18.0 Å². The number of piperazine rings is 1. The van der Waals surface area contributed by atoms with Crippen LogP contribution >= 0.6 is 0 Å². The minimum atomic E-state index is -4.54. The second-order valence-corrected chi connectivity index (χ2v) is 11.0. The third kappa shape index (κ3) is 7.52. The number of imidazole rings is 1. The van der Waals surface area contributed by atoms with Gasteiger partial charge in [0.25, 0.3) is 0 Å². The molecule has 2 aliphatic rings. The summed E-state index contributed by atoms with van der Waals surface area (Å²) in [4.78, 5) is 34.5. The normalized spacial score (nSPS) is 15.9. The largest absolute Gasteiger partial charge is 0.439 e. The minimum Gasteiger partial charge on any atom is -0.439 e. The fourth-order valence-corrected chi connectivity index (χ4v) is 5.57. The number of nitrogens with one attached hydrogen (secondary N) is 3. The van der Waals surface area contributed by atoms with Crippen molar-refractivity contribution in [2.75, 3.05) is 49.9 Å². The number of anilines is 3. The summed E-state index contributed by atoms with van der Waals surface area (Å²) in [5.74, 6) is 1.86. The Morgan fingerprint density at radius 3 is 2.56 bits per heavy atom. The molecule has 2 aromatic carbocycles. The first kappa shape index (κ1) is 30.3. The Balaban J connectivity index is 1.10. The van der Waals surface area contributed by atoms with Crippen LogP contribution in [0.5, 0.6) is 11.6 Å². The van der Waals surface area contributed by atoms with E-state index in [0.29, 0.717) is 36.4 Å². The number of aromatic nitrogens is 4. The number of urea groups is 1. The number of halogens is 3. The number of hydrogen-bond donors (Lipinski definition) is 3. The Kier molecular flexibility index (Phi) is 8.85. The highest BCUT2D eigenvalue weighted by Gasteiger charge is 2.34. The monoisotopic (exact) mass is 621 g/mol. The average molecular weight is 622 g/mol. The summed E-state index contributed by atoms with van der Waals surface area (Å²) < 4.78 is 48.2. The second kappa shape index (κ2) is 13.1. The van der Waals surface area contributed by atoms with Gasteiger partial charge in [-0.05, 0) is 53.9 Å². The van der Waals surface area contributed by atoms with Crippen molar-refractivity contribution in [1.29, 1.82) is 0 Å². The number of likely N-dealkylation sites (N-methyl/N-ethyl adjacent to an activating group) is 1. The smallest absolute Gasteiger partial charge is 0.416 e. The van der Waals surface area contributed by atoms with E-state index in [1.165, 1.54) is 12.4 Å². The maximum Gasteiger partial charge on any atom is 0.416 e. The van der Waals surface area contributed by atoms with Gasteiger partial charge in [0, 0.05) is 70.0 Å².